The van der Waals surface area contributed by atoms with Crippen molar-refractivity contribution in [3.63, 3.8) is 0 Å². The van der Waals surface area contributed by atoms with E-state index < -0.39 is 18.5 Å². The van der Waals surface area contributed by atoms with Crippen molar-refractivity contribution in [1.29, 1.82) is 0 Å². The summed E-state index contributed by atoms with van der Waals surface area (Å²) in [5.74, 6) is -1.16. The molecule has 148 valence electrons. The molecule has 2 rings (SSSR count). The van der Waals surface area contributed by atoms with Crippen molar-refractivity contribution >= 4 is 23.5 Å². The molecule has 8 heteroatoms. The predicted octanol–water partition coefficient (Wildman–Crippen LogP) is 1.77. The first-order valence-electron chi connectivity index (χ1n) is 8.58. The maximum absolute atomic E-state index is 12.4. The molecule has 2 amide bonds. The highest BCUT2D eigenvalue weighted by Crippen LogP contribution is 2.28. The molecule has 0 fully saturated rings. The van der Waals surface area contributed by atoms with Gasteiger partial charge in [-0.1, -0.05) is 18.2 Å². The largest absolute Gasteiger partial charge is 0.493 e. The van der Waals surface area contributed by atoms with Crippen molar-refractivity contribution in [3.05, 3.63) is 54.1 Å². The standard InChI is InChI=1S/C20H22N2O6/c1-3-22(15-7-5-4-6-8-15)19(24)13-28-20(25)14-9-10-16(17(11-14)26-2)27-12-18(21)23/h4-11H,3,12-13H2,1-2H3,(H2,21,23). The molecular formula is C20H22N2O6. The summed E-state index contributed by atoms with van der Waals surface area (Å²) in [6.07, 6.45) is 0. The van der Waals surface area contributed by atoms with Crippen molar-refractivity contribution < 1.29 is 28.6 Å². The number of nitrogens with two attached hydrogens (primary N) is 1. The third-order valence-corrected chi connectivity index (χ3v) is 3.78. The van der Waals surface area contributed by atoms with Gasteiger partial charge in [-0.2, -0.15) is 0 Å². The SMILES string of the molecule is CCN(C(=O)COC(=O)c1ccc(OCC(N)=O)c(OC)c1)c1ccccc1. The van der Waals surface area contributed by atoms with E-state index in [4.69, 9.17) is 19.9 Å². The number of esters is 1. The molecule has 8 nitrogen and oxygen atoms in total. The normalized spacial score (nSPS) is 10.1. The molecule has 0 saturated heterocycles. The first kappa shape index (κ1) is 20.8. The molecule has 2 aromatic rings. The minimum absolute atomic E-state index is 0.179. The number of primary amides is 1. The fourth-order valence-electron chi connectivity index (χ4n) is 2.46. The number of anilines is 1. The van der Waals surface area contributed by atoms with Crippen LogP contribution < -0.4 is 20.1 Å². The first-order chi connectivity index (χ1) is 13.5. The van der Waals surface area contributed by atoms with Crippen LogP contribution in [0.5, 0.6) is 11.5 Å². The monoisotopic (exact) mass is 386 g/mol. The van der Waals surface area contributed by atoms with Crippen LogP contribution in [0.25, 0.3) is 0 Å². The zero-order valence-electron chi connectivity index (χ0n) is 15.7. The minimum atomic E-state index is -0.683. The Hall–Kier alpha value is -3.55. The fraction of sp³-hybridized carbons (Fsp3) is 0.250. The fourth-order valence-corrected chi connectivity index (χ4v) is 2.46. The number of ether oxygens (including phenoxy) is 3. The van der Waals surface area contributed by atoms with E-state index in [0.29, 0.717) is 6.54 Å². The average molecular weight is 386 g/mol. The molecule has 0 aromatic heterocycles. The Kier molecular flexibility index (Phi) is 7.38. The number of rotatable bonds is 9. The van der Waals surface area contributed by atoms with Crippen LogP contribution in [0.2, 0.25) is 0 Å². The number of carbonyl (C=O) groups is 3. The highest BCUT2D eigenvalue weighted by atomic mass is 16.5. The van der Waals surface area contributed by atoms with Crippen LogP contribution in [0.3, 0.4) is 0 Å². The third kappa shape index (κ3) is 5.47. The van der Waals surface area contributed by atoms with Gasteiger partial charge in [0.05, 0.1) is 12.7 Å². The molecule has 2 aromatic carbocycles. The van der Waals surface area contributed by atoms with Crippen LogP contribution >= 0.6 is 0 Å². The second-order valence-electron chi connectivity index (χ2n) is 5.67. The van der Waals surface area contributed by atoms with Gasteiger partial charge in [-0.05, 0) is 37.3 Å². The van der Waals surface area contributed by atoms with Crippen molar-refractivity contribution in [2.75, 3.05) is 31.8 Å². The second kappa shape index (κ2) is 9.96. The summed E-state index contributed by atoms with van der Waals surface area (Å²) in [5, 5.41) is 0. The lowest BCUT2D eigenvalue weighted by molar-refractivity contribution is -0.121. The molecule has 2 N–H and O–H groups in total. The Labute approximate surface area is 162 Å². The molecule has 0 aliphatic heterocycles. The Bertz CT molecular complexity index is 838. The van der Waals surface area contributed by atoms with Crippen LogP contribution in [0.15, 0.2) is 48.5 Å². The van der Waals surface area contributed by atoms with Crippen LogP contribution in [-0.4, -0.2) is 44.7 Å². The number of methoxy groups -OCH3 is 1. The molecule has 0 aliphatic rings. The van der Waals surface area contributed by atoms with Gasteiger partial charge in [-0.3, -0.25) is 9.59 Å². The first-order valence-corrected chi connectivity index (χ1v) is 8.58. The smallest absolute Gasteiger partial charge is 0.338 e. The van der Waals surface area contributed by atoms with E-state index in [-0.39, 0.29) is 29.6 Å². The van der Waals surface area contributed by atoms with Gasteiger partial charge in [-0.25, -0.2) is 4.79 Å². The summed E-state index contributed by atoms with van der Waals surface area (Å²) < 4.78 is 15.5. The molecular weight excluding hydrogens is 364 g/mol. The summed E-state index contributed by atoms with van der Waals surface area (Å²) >= 11 is 0. The Morgan fingerprint density at radius 3 is 2.32 bits per heavy atom. The molecule has 0 radical (unpaired) electrons. The van der Waals surface area contributed by atoms with Crippen molar-refractivity contribution in [3.8, 4) is 11.5 Å². The average Bonchev–Trinajstić information content (AvgIpc) is 2.71. The van der Waals surface area contributed by atoms with Gasteiger partial charge in [0, 0.05) is 12.2 Å². The molecule has 0 bridgehead atoms. The van der Waals surface area contributed by atoms with Gasteiger partial charge in [0.2, 0.25) is 0 Å². The number of carbonyl (C=O) groups excluding carboxylic acids is 3. The number of hydrogen-bond donors (Lipinski definition) is 1. The number of amides is 2. The van der Waals surface area contributed by atoms with Gasteiger partial charge < -0.3 is 24.8 Å². The van der Waals surface area contributed by atoms with E-state index >= 15 is 0 Å². The number of hydrogen-bond acceptors (Lipinski definition) is 6. The Morgan fingerprint density at radius 2 is 1.71 bits per heavy atom. The molecule has 0 atom stereocenters. The number of likely N-dealkylation sites (N-methyl/N-ethyl adjacent to an activating group) is 1. The predicted molar refractivity (Wildman–Crippen MR) is 102 cm³/mol. The zero-order valence-corrected chi connectivity index (χ0v) is 15.7. The van der Waals surface area contributed by atoms with Gasteiger partial charge in [0.1, 0.15) is 0 Å². The van der Waals surface area contributed by atoms with E-state index in [0.717, 1.165) is 5.69 Å². The highest BCUT2D eigenvalue weighted by Gasteiger charge is 2.18. The Morgan fingerprint density at radius 1 is 1.00 bits per heavy atom. The molecule has 28 heavy (non-hydrogen) atoms. The summed E-state index contributed by atoms with van der Waals surface area (Å²) in [7, 11) is 1.39. The summed E-state index contributed by atoms with van der Waals surface area (Å²) in [6, 6.07) is 13.4. The van der Waals surface area contributed by atoms with Gasteiger partial charge >= 0.3 is 5.97 Å². The zero-order chi connectivity index (χ0) is 20.5. The van der Waals surface area contributed by atoms with Gasteiger partial charge in [-0.15, -0.1) is 0 Å². The van der Waals surface area contributed by atoms with Gasteiger partial charge in [0.25, 0.3) is 11.8 Å². The van der Waals surface area contributed by atoms with Crippen molar-refractivity contribution in [2.24, 2.45) is 5.73 Å². The van der Waals surface area contributed by atoms with Gasteiger partial charge in [0.15, 0.2) is 24.7 Å². The third-order valence-electron chi connectivity index (χ3n) is 3.78. The number of nitrogens with zero attached hydrogens (tertiary/aromatic N) is 1. The summed E-state index contributed by atoms with van der Waals surface area (Å²) in [5.41, 5.74) is 5.95. The number of benzene rings is 2. The van der Waals surface area contributed by atoms with Crippen LogP contribution in [-0.2, 0) is 14.3 Å². The molecule has 0 spiro atoms. The summed E-state index contributed by atoms with van der Waals surface area (Å²) in [6.45, 7) is 1.56. The topological polar surface area (TPSA) is 108 Å². The van der Waals surface area contributed by atoms with Crippen molar-refractivity contribution in [2.45, 2.75) is 6.92 Å². The molecule has 0 aliphatic carbocycles. The quantitative estimate of drug-likeness (QED) is 0.658. The maximum Gasteiger partial charge on any atom is 0.338 e. The van der Waals surface area contributed by atoms with Crippen LogP contribution in [0.4, 0.5) is 5.69 Å². The van der Waals surface area contributed by atoms with E-state index in [1.54, 1.807) is 12.1 Å². The minimum Gasteiger partial charge on any atom is -0.493 e. The van der Waals surface area contributed by atoms with E-state index in [2.05, 4.69) is 0 Å². The maximum atomic E-state index is 12.4. The second-order valence-corrected chi connectivity index (χ2v) is 5.67. The lowest BCUT2D eigenvalue weighted by Gasteiger charge is -2.20. The van der Waals surface area contributed by atoms with E-state index in [9.17, 15) is 14.4 Å². The summed E-state index contributed by atoms with van der Waals surface area (Å²) in [4.78, 5) is 37.0. The number of para-hydroxylation sites is 1. The van der Waals surface area contributed by atoms with Crippen molar-refractivity contribution in [1.82, 2.24) is 0 Å². The molecule has 0 saturated carbocycles. The lowest BCUT2D eigenvalue weighted by atomic mass is 10.2. The molecule has 0 heterocycles. The highest BCUT2D eigenvalue weighted by molar-refractivity contribution is 5.97. The Balaban J connectivity index is 2.02. The van der Waals surface area contributed by atoms with E-state index in [1.807, 2.05) is 25.1 Å². The lowest BCUT2D eigenvalue weighted by Crippen LogP contribution is -2.34. The van der Waals surface area contributed by atoms with E-state index in [1.165, 1.54) is 30.2 Å². The van der Waals surface area contributed by atoms with Crippen LogP contribution in [0.1, 0.15) is 17.3 Å². The van der Waals surface area contributed by atoms with Crippen LogP contribution in [0, 0.1) is 0 Å². The molecule has 0 unspecified atom stereocenters.